The molecule has 2 rings (SSSR count). The summed E-state index contributed by atoms with van der Waals surface area (Å²) in [6.07, 6.45) is 1.88. The molecule has 116 valence electrons. The Balaban J connectivity index is 1.76. The van der Waals surface area contributed by atoms with Crippen molar-refractivity contribution in [3.8, 4) is 11.5 Å². The van der Waals surface area contributed by atoms with Gasteiger partial charge in [-0.05, 0) is 38.1 Å². The smallest absolute Gasteiger partial charge is 0.303 e. The van der Waals surface area contributed by atoms with Crippen molar-refractivity contribution in [2.45, 2.75) is 32.3 Å². The quantitative estimate of drug-likeness (QED) is 0.746. The van der Waals surface area contributed by atoms with E-state index in [1.165, 1.54) is 0 Å². The van der Waals surface area contributed by atoms with E-state index in [2.05, 4.69) is 11.8 Å². The van der Waals surface area contributed by atoms with E-state index in [1.54, 1.807) is 0 Å². The minimum Gasteiger partial charge on any atom is -0.486 e. The third kappa shape index (κ3) is 4.93. The molecule has 1 atom stereocenters. The predicted octanol–water partition coefficient (Wildman–Crippen LogP) is 2.40. The van der Waals surface area contributed by atoms with Crippen molar-refractivity contribution >= 4 is 5.97 Å². The van der Waals surface area contributed by atoms with E-state index in [0.717, 1.165) is 44.0 Å². The van der Waals surface area contributed by atoms with Crippen LogP contribution in [0.3, 0.4) is 0 Å². The van der Waals surface area contributed by atoms with Gasteiger partial charge >= 0.3 is 5.97 Å². The second-order valence-electron chi connectivity index (χ2n) is 5.24. The largest absolute Gasteiger partial charge is 0.486 e. The van der Waals surface area contributed by atoms with Crippen molar-refractivity contribution in [2.75, 3.05) is 26.2 Å². The van der Waals surface area contributed by atoms with Crippen LogP contribution in [0.15, 0.2) is 24.3 Å². The summed E-state index contributed by atoms with van der Waals surface area (Å²) in [5, 5.41) is 8.64. The number of unbranched alkanes of at least 4 members (excludes halogenated alkanes) is 1. The minimum atomic E-state index is -0.723. The van der Waals surface area contributed by atoms with Crippen LogP contribution in [0.5, 0.6) is 11.5 Å². The fourth-order valence-electron chi connectivity index (χ4n) is 2.43. The maximum absolute atomic E-state index is 10.5. The first kappa shape index (κ1) is 15.6. The number of carboxylic acid groups (broad SMARTS) is 1. The highest BCUT2D eigenvalue weighted by atomic mass is 16.6. The van der Waals surface area contributed by atoms with Crippen LogP contribution in [0.4, 0.5) is 0 Å². The highest BCUT2D eigenvalue weighted by Crippen LogP contribution is 2.30. The number of ether oxygens (including phenoxy) is 2. The van der Waals surface area contributed by atoms with E-state index in [9.17, 15) is 4.79 Å². The number of aliphatic carboxylic acids is 1. The Hall–Kier alpha value is -1.75. The number of fused-ring (bicyclic) bond motifs is 1. The first-order valence-electron chi connectivity index (χ1n) is 7.51. The Labute approximate surface area is 125 Å². The molecule has 1 aromatic carbocycles. The molecular weight excluding hydrogens is 270 g/mol. The molecule has 1 aromatic rings. The molecule has 0 aliphatic carbocycles. The molecule has 5 heteroatoms. The van der Waals surface area contributed by atoms with E-state index in [-0.39, 0.29) is 12.5 Å². The number of hydrogen-bond donors (Lipinski definition) is 1. The molecule has 0 fully saturated rings. The lowest BCUT2D eigenvalue weighted by atomic mass is 10.2. The van der Waals surface area contributed by atoms with Gasteiger partial charge in [-0.15, -0.1) is 0 Å². The number of likely N-dealkylation sites (N-methyl/N-ethyl adjacent to an activating group) is 1. The summed E-state index contributed by atoms with van der Waals surface area (Å²) in [6.45, 7) is 5.29. The third-order valence-corrected chi connectivity index (χ3v) is 3.59. The Morgan fingerprint density at radius 1 is 1.33 bits per heavy atom. The number of benzene rings is 1. The number of carboxylic acids is 1. The maximum atomic E-state index is 10.5. The molecule has 5 nitrogen and oxygen atoms in total. The molecule has 1 unspecified atom stereocenters. The molecule has 21 heavy (non-hydrogen) atoms. The molecular formula is C16H23NO4. The van der Waals surface area contributed by atoms with Gasteiger partial charge in [0.15, 0.2) is 11.5 Å². The molecule has 1 aliphatic rings. The van der Waals surface area contributed by atoms with Gasteiger partial charge in [0.05, 0.1) is 0 Å². The van der Waals surface area contributed by atoms with E-state index in [1.807, 2.05) is 24.3 Å². The van der Waals surface area contributed by atoms with E-state index < -0.39 is 5.97 Å². The van der Waals surface area contributed by atoms with Crippen LogP contribution < -0.4 is 9.47 Å². The predicted molar refractivity (Wildman–Crippen MR) is 80.0 cm³/mol. The molecule has 0 amide bonds. The van der Waals surface area contributed by atoms with Gasteiger partial charge in [-0.25, -0.2) is 0 Å². The highest BCUT2D eigenvalue weighted by molar-refractivity contribution is 5.66. The van der Waals surface area contributed by atoms with Crippen molar-refractivity contribution in [3.05, 3.63) is 24.3 Å². The van der Waals surface area contributed by atoms with E-state index >= 15 is 0 Å². The lowest BCUT2D eigenvalue weighted by Gasteiger charge is -2.30. The first-order valence-corrected chi connectivity index (χ1v) is 7.51. The van der Waals surface area contributed by atoms with Gasteiger partial charge in [0.1, 0.15) is 12.7 Å². The van der Waals surface area contributed by atoms with Crippen molar-refractivity contribution in [3.63, 3.8) is 0 Å². The van der Waals surface area contributed by atoms with Gasteiger partial charge in [-0.1, -0.05) is 19.1 Å². The summed E-state index contributed by atoms with van der Waals surface area (Å²) in [7, 11) is 0. The fraction of sp³-hybridized carbons (Fsp3) is 0.562. The third-order valence-electron chi connectivity index (χ3n) is 3.59. The topological polar surface area (TPSA) is 59.0 Å². The summed E-state index contributed by atoms with van der Waals surface area (Å²) in [5.41, 5.74) is 0. The van der Waals surface area contributed by atoms with Gasteiger partial charge < -0.3 is 14.6 Å². The zero-order chi connectivity index (χ0) is 15.1. The average molecular weight is 293 g/mol. The lowest BCUT2D eigenvalue weighted by Crippen LogP contribution is -2.41. The molecule has 1 N–H and O–H groups in total. The van der Waals surface area contributed by atoms with Crippen LogP contribution in [0.25, 0.3) is 0 Å². The van der Waals surface area contributed by atoms with Crippen molar-refractivity contribution in [1.29, 1.82) is 0 Å². The Morgan fingerprint density at radius 3 is 2.81 bits per heavy atom. The maximum Gasteiger partial charge on any atom is 0.303 e. The Morgan fingerprint density at radius 2 is 2.10 bits per heavy atom. The SMILES string of the molecule is CCN(CCCCC(=O)O)CC1COc2ccccc2O1. The number of rotatable bonds is 8. The summed E-state index contributed by atoms with van der Waals surface area (Å²) >= 11 is 0. The van der Waals surface area contributed by atoms with Crippen LogP contribution >= 0.6 is 0 Å². The van der Waals surface area contributed by atoms with Crippen LogP contribution in [0, 0.1) is 0 Å². The summed E-state index contributed by atoms with van der Waals surface area (Å²) in [5.74, 6) is 0.882. The standard InChI is InChI=1S/C16H23NO4/c1-2-17(10-6-5-9-16(18)19)11-13-12-20-14-7-3-4-8-15(14)21-13/h3-4,7-8,13H,2,5-6,9-12H2,1H3,(H,18,19). The van der Waals surface area contributed by atoms with Gasteiger partial charge in [0.2, 0.25) is 0 Å². The average Bonchev–Trinajstić information content (AvgIpc) is 2.50. The van der Waals surface area contributed by atoms with Crippen molar-refractivity contribution in [1.82, 2.24) is 4.90 Å². The Bertz CT molecular complexity index is 463. The van der Waals surface area contributed by atoms with Crippen molar-refractivity contribution < 1.29 is 19.4 Å². The first-order chi connectivity index (χ1) is 10.2. The summed E-state index contributed by atoms with van der Waals surface area (Å²) in [6, 6.07) is 7.71. The number of nitrogens with zero attached hydrogens (tertiary/aromatic N) is 1. The van der Waals surface area contributed by atoms with Gasteiger partial charge in [0.25, 0.3) is 0 Å². The van der Waals surface area contributed by atoms with Gasteiger partial charge in [0, 0.05) is 13.0 Å². The van der Waals surface area contributed by atoms with Crippen LogP contribution in [0.2, 0.25) is 0 Å². The number of hydrogen-bond acceptors (Lipinski definition) is 4. The van der Waals surface area contributed by atoms with Crippen LogP contribution in [-0.2, 0) is 4.79 Å². The minimum absolute atomic E-state index is 0.0272. The zero-order valence-corrected chi connectivity index (χ0v) is 12.5. The normalized spacial score (nSPS) is 17.0. The summed E-state index contributed by atoms with van der Waals surface area (Å²) < 4.78 is 11.7. The molecule has 1 aliphatic heterocycles. The van der Waals surface area contributed by atoms with E-state index in [0.29, 0.717) is 6.61 Å². The summed E-state index contributed by atoms with van der Waals surface area (Å²) in [4.78, 5) is 12.8. The zero-order valence-electron chi connectivity index (χ0n) is 12.5. The molecule has 0 bridgehead atoms. The number of carbonyl (C=O) groups is 1. The highest BCUT2D eigenvalue weighted by Gasteiger charge is 2.22. The van der Waals surface area contributed by atoms with Crippen molar-refractivity contribution in [2.24, 2.45) is 0 Å². The van der Waals surface area contributed by atoms with Crippen LogP contribution in [-0.4, -0.2) is 48.3 Å². The molecule has 0 saturated carbocycles. The molecule has 0 aromatic heterocycles. The molecule has 0 radical (unpaired) electrons. The molecule has 1 heterocycles. The second kappa shape index (κ2) is 7.88. The second-order valence-corrected chi connectivity index (χ2v) is 5.24. The lowest BCUT2D eigenvalue weighted by molar-refractivity contribution is -0.137. The van der Waals surface area contributed by atoms with Crippen LogP contribution in [0.1, 0.15) is 26.2 Å². The van der Waals surface area contributed by atoms with Gasteiger partial charge in [-0.3, -0.25) is 9.69 Å². The fourth-order valence-corrected chi connectivity index (χ4v) is 2.43. The number of para-hydroxylation sites is 2. The molecule has 0 spiro atoms. The molecule has 0 saturated heterocycles. The monoisotopic (exact) mass is 293 g/mol. The van der Waals surface area contributed by atoms with E-state index in [4.69, 9.17) is 14.6 Å². The van der Waals surface area contributed by atoms with Gasteiger partial charge in [-0.2, -0.15) is 0 Å². The Kier molecular flexibility index (Phi) is 5.87.